The second kappa shape index (κ2) is 4.78. The first kappa shape index (κ1) is 12.0. The standard InChI is InChI=1S/C12H10B3N2/c1-7-3-9(5-11(13)16-7)10-4-8(2)17-12(6-10)15-14/h3-6H,1-2H3. The summed E-state index contributed by atoms with van der Waals surface area (Å²) in [6.07, 6.45) is 0. The van der Waals surface area contributed by atoms with Crippen LogP contribution in [0.1, 0.15) is 11.4 Å². The van der Waals surface area contributed by atoms with E-state index in [1.54, 1.807) is 0 Å². The summed E-state index contributed by atoms with van der Waals surface area (Å²) in [5.74, 6) is 0. The van der Waals surface area contributed by atoms with E-state index in [4.69, 9.17) is 15.6 Å². The van der Waals surface area contributed by atoms with Crippen LogP contribution in [0.2, 0.25) is 0 Å². The molecule has 0 unspecified atom stereocenters. The summed E-state index contributed by atoms with van der Waals surface area (Å²) < 4.78 is 0. The Balaban J connectivity index is 2.55. The molecule has 0 aliphatic carbocycles. The van der Waals surface area contributed by atoms with Crippen molar-refractivity contribution in [2.45, 2.75) is 13.8 Å². The molecule has 0 amide bonds. The summed E-state index contributed by atoms with van der Waals surface area (Å²) in [6, 6.07) is 7.77. The van der Waals surface area contributed by atoms with E-state index >= 15 is 0 Å². The van der Waals surface area contributed by atoms with E-state index in [2.05, 4.69) is 9.97 Å². The minimum absolute atomic E-state index is 0.521. The number of aryl methyl sites for hydroxylation is 2. The minimum atomic E-state index is 0.521. The number of nitrogens with zero attached hydrogens (tertiary/aromatic N) is 2. The predicted molar refractivity (Wildman–Crippen MR) is 73.5 cm³/mol. The number of hydrogen-bond donors (Lipinski definition) is 0. The Morgan fingerprint density at radius 1 is 0.941 bits per heavy atom. The average Bonchev–Trinajstić information content (AvgIpc) is 2.26. The van der Waals surface area contributed by atoms with Gasteiger partial charge in [0.1, 0.15) is 15.0 Å². The normalized spacial score (nSPS) is 10.2. The van der Waals surface area contributed by atoms with E-state index in [-0.39, 0.29) is 0 Å². The van der Waals surface area contributed by atoms with Gasteiger partial charge in [-0.05, 0) is 60.4 Å². The van der Waals surface area contributed by atoms with Crippen LogP contribution >= 0.6 is 0 Å². The van der Waals surface area contributed by atoms with E-state index in [9.17, 15) is 0 Å². The molecule has 2 rings (SSSR count). The average molecular weight is 215 g/mol. The van der Waals surface area contributed by atoms with Crippen LogP contribution in [0.25, 0.3) is 11.1 Å². The van der Waals surface area contributed by atoms with Crippen LogP contribution < -0.4 is 11.2 Å². The van der Waals surface area contributed by atoms with Crippen molar-refractivity contribution in [3.05, 3.63) is 35.7 Å². The van der Waals surface area contributed by atoms with Gasteiger partial charge in [-0.25, -0.2) is 0 Å². The van der Waals surface area contributed by atoms with Crippen molar-refractivity contribution >= 4 is 33.9 Å². The van der Waals surface area contributed by atoms with Gasteiger partial charge >= 0.3 is 0 Å². The van der Waals surface area contributed by atoms with E-state index < -0.39 is 0 Å². The van der Waals surface area contributed by atoms with Crippen molar-refractivity contribution in [2.75, 3.05) is 0 Å². The third-order valence-electron chi connectivity index (χ3n) is 2.45. The molecule has 77 valence electrons. The van der Waals surface area contributed by atoms with Gasteiger partial charge in [0.25, 0.3) is 0 Å². The van der Waals surface area contributed by atoms with E-state index in [1.165, 1.54) is 7.17 Å². The maximum Gasteiger partial charge on any atom is 0.141 e. The largest absolute Gasteiger partial charge is 0.270 e. The highest BCUT2D eigenvalue weighted by Gasteiger charge is 2.03. The van der Waals surface area contributed by atoms with Crippen molar-refractivity contribution < 1.29 is 0 Å². The van der Waals surface area contributed by atoms with Crippen LogP contribution in [-0.4, -0.2) is 32.7 Å². The van der Waals surface area contributed by atoms with Crippen molar-refractivity contribution in [2.24, 2.45) is 0 Å². The maximum atomic E-state index is 5.75. The molecule has 0 saturated carbocycles. The summed E-state index contributed by atoms with van der Waals surface area (Å²) in [4.78, 5) is 8.45. The monoisotopic (exact) mass is 215 g/mol. The van der Waals surface area contributed by atoms with Gasteiger partial charge in [0.2, 0.25) is 0 Å². The molecule has 5 radical (unpaired) electrons. The highest BCUT2D eigenvalue weighted by molar-refractivity contribution is 6.97. The Morgan fingerprint density at radius 3 is 2.12 bits per heavy atom. The lowest BCUT2D eigenvalue weighted by Gasteiger charge is -2.08. The molecule has 2 aromatic rings. The molecule has 0 N–H and O–H groups in total. The SMILES string of the molecule is [B][B]c1cc(-c2cc([B])nc(C)c2)cc(C)n1. The van der Waals surface area contributed by atoms with E-state index in [1.807, 2.05) is 38.1 Å². The molecule has 0 spiro atoms. The molecule has 2 aromatic heterocycles. The summed E-state index contributed by atoms with van der Waals surface area (Å²) in [5.41, 5.74) is 5.18. The zero-order valence-electron chi connectivity index (χ0n) is 9.94. The number of hydrogen-bond acceptors (Lipinski definition) is 2. The molecule has 17 heavy (non-hydrogen) atoms. The number of pyridine rings is 2. The quantitative estimate of drug-likeness (QED) is 0.657. The smallest absolute Gasteiger partial charge is 0.141 e. The Morgan fingerprint density at radius 2 is 1.53 bits per heavy atom. The molecule has 2 heterocycles. The summed E-state index contributed by atoms with van der Waals surface area (Å²) >= 11 is 0. The summed E-state index contributed by atoms with van der Waals surface area (Å²) in [6.45, 7) is 3.86. The van der Waals surface area contributed by atoms with Gasteiger partial charge in [0.15, 0.2) is 0 Å². The lowest BCUT2D eigenvalue weighted by atomic mass is 9.53. The topological polar surface area (TPSA) is 25.8 Å². The zero-order chi connectivity index (χ0) is 12.4. The Hall–Kier alpha value is -1.51. The van der Waals surface area contributed by atoms with Crippen molar-refractivity contribution in [1.82, 2.24) is 9.97 Å². The van der Waals surface area contributed by atoms with Crippen LogP contribution in [-0.2, 0) is 0 Å². The first-order valence-electron chi connectivity index (χ1n) is 5.36. The fourth-order valence-electron chi connectivity index (χ4n) is 1.81. The Labute approximate surface area is 105 Å². The molecule has 5 heteroatoms. The molecule has 0 aliphatic heterocycles. The predicted octanol–water partition coefficient (Wildman–Crippen LogP) is -0.0328. The van der Waals surface area contributed by atoms with E-state index in [0.717, 1.165) is 28.1 Å². The van der Waals surface area contributed by atoms with Gasteiger partial charge in [0.05, 0.1) is 0 Å². The first-order chi connectivity index (χ1) is 8.08. The molecule has 0 saturated heterocycles. The lowest BCUT2D eigenvalue weighted by molar-refractivity contribution is 1.22. The molecular weight excluding hydrogens is 205 g/mol. The molecule has 0 atom stereocenters. The molecule has 0 aliphatic rings. The maximum absolute atomic E-state index is 5.75. The second-order valence-electron chi connectivity index (χ2n) is 4.01. The highest BCUT2D eigenvalue weighted by atomic mass is 14.7. The molecule has 0 bridgehead atoms. The number of aromatic nitrogens is 2. The van der Waals surface area contributed by atoms with Crippen molar-refractivity contribution in [3.63, 3.8) is 0 Å². The van der Waals surface area contributed by atoms with Gasteiger partial charge in [0, 0.05) is 19.1 Å². The molecular formula is C12H10B3N2. The first-order valence-corrected chi connectivity index (χ1v) is 5.36. The Bertz CT molecular complexity index is 535. The van der Waals surface area contributed by atoms with Gasteiger partial charge in [-0.3, -0.25) is 9.97 Å². The van der Waals surface area contributed by atoms with Crippen LogP contribution in [0.4, 0.5) is 0 Å². The van der Waals surface area contributed by atoms with Gasteiger partial charge in [-0.2, -0.15) is 0 Å². The van der Waals surface area contributed by atoms with Gasteiger partial charge in [-0.15, -0.1) is 0 Å². The fraction of sp³-hybridized carbons (Fsp3) is 0.167. The third kappa shape index (κ3) is 2.79. The van der Waals surface area contributed by atoms with Crippen LogP contribution in [0.15, 0.2) is 24.3 Å². The Kier molecular flexibility index (Phi) is 3.37. The summed E-state index contributed by atoms with van der Waals surface area (Å²) in [7, 11) is 12.7. The summed E-state index contributed by atoms with van der Waals surface area (Å²) in [5, 5.41) is 0. The molecule has 0 aromatic carbocycles. The van der Waals surface area contributed by atoms with Crippen LogP contribution in [0.3, 0.4) is 0 Å². The van der Waals surface area contributed by atoms with Crippen LogP contribution in [0, 0.1) is 13.8 Å². The highest BCUT2D eigenvalue weighted by Crippen LogP contribution is 2.17. The van der Waals surface area contributed by atoms with Crippen molar-refractivity contribution in [1.29, 1.82) is 0 Å². The van der Waals surface area contributed by atoms with Gasteiger partial charge < -0.3 is 0 Å². The molecule has 0 fully saturated rings. The number of rotatable bonds is 2. The lowest BCUT2D eigenvalue weighted by Crippen LogP contribution is -2.19. The van der Waals surface area contributed by atoms with Crippen molar-refractivity contribution in [3.8, 4) is 11.1 Å². The van der Waals surface area contributed by atoms with Gasteiger partial charge in [-0.1, -0.05) is 0 Å². The second-order valence-corrected chi connectivity index (χ2v) is 4.01. The van der Waals surface area contributed by atoms with Crippen LogP contribution in [0.5, 0.6) is 0 Å². The molecule has 2 nitrogen and oxygen atoms in total. The zero-order valence-corrected chi connectivity index (χ0v) is 9.94. The van der Waals surface area contributed by atoms with E-state index in [0.29, 0.717) is 5.59 Å². The minimum Gasteiger partial charge on any atom is -0.270 e. The fourth-order valence-corrected chi connectivity index (χ4v) is 1.81. The third-order valence-corrected chi connectivity index (χ3v) is 2.45.